The van der Waals surface area contributed by atoms with Crippen molar-refractivity contribution in [2.45, 2.75) is 32.3 Å². The minimum atomic E-state index is -0.229. The summed E-state index contributed by atoms with van der Waals surface area (Å²) in [5, 5.41) is 0. The fourth-order valence-corrected chi connectivity index (χ4v) is 3.43. The third-order valence-electron chi connectivity index (χ3n) is 4.52. The molecule has 0 spiro atoms. The first kappa shape index (κ1) is 16.2. The average molecular weight is 319 g/mol. The summed E-state index contributed by atoms with van der Waals surface area (Å²) in [5.74, 6) is -0.0730. The third-order valence-corrected chi connectivity index (χ3v) is 4.52. The Bertz CT molecular complexity index is 607. The molecule has 1 aromatic heterocycles. The summed E-state index contributed by atoms with van der Waals surface area (Å²) < 4.78 is 5.93. The smallest absolute Gasteiger partial charge is 0.254 e. The maximum atomic E-state index is 12.7. The Morgan fingerprint density at radius 3 is 2.78 bits per heavy atom. The zero-order chi connectivity index (χ0) is 16.2. The van der Waals surface area contributed by atoms with Gasteiger partial charge in [-0.2, -0.15) is 0 Å². The van der Waals surface area contributed by atoms with Gasteiger partial charge in [-0.1, -0.05) is 0 Å². The molecule has 0 radical (unpaired) electrons. The van der Waals surface area contributed by atoms with Crippen molar-refractivity contribution in [3.8, 4) is 0 Å². The highest BCUT2D eigenvalue weighted by atomic mass is 16.5. The molecule has 3 rings (SSSR count). The zero-order valence-corrected chi connectivity index (χ0v) is 13.7. The van der Waals surface area contributed by atoms with Crippen LogP contribution in [0.15, 0.2) is 16.9 Å². The number of amides is 1. The van der Waals surface area contributed by atoms with Gasteiger partial charge in [-0.25, -0.2) is 0 Å². The summed E-state index contributed by atoms with van der Waals surface area (Å²) in [6.45, 7) is 6.90. The standard InChI is InChI=1S/C17H25N3O3/c1-13-9-14(10-16(21)18-13)17(22)20-7-4-8-23-15(12-20)11-19-5-2-3-6-19/h9-10,15H,2-8,11-12H2,1H3,(H,18,21)/t15-/m1/s1. The lowest BCUT2D eigenvalue weighted by molar-refractivity contribution is 0.0297. The number of H-pyrrole nitrogens is 1. The number of hydrogen-bond donors (Lipinski definition) is 1. The van der Waals surface area contributed by atoms with Gasteiger partial charge < -0.3 is 19.5 Å². The lowest BCUT2D eigenvalue weighted by Crippen LogP contribution is -2.42. The molecule has 2 aliphatic heterocycles. The summed E-state index contributed by atoms with van der Waals surface area (Å²) >= 11 is 0. The van der Waals surface area contributed by atoms with E-state index in [0.29, 0.717) is 31.0 Å². The number of ether oxygens (including phenoxy) is 1. The highest BCUT2D eigenvalue weighted by Crippen LogP contribution is 2.14. The fraction of sp³-hybridized carbons (Fsp3) is 0.647. The van der Waals surface area contributed by atoms with E-state index < -0.39 is 0 Å². The molecule has 2 saturated heterocycles. The molecule has 0 aromatic carbocycles. The number of carbonyl (C=O) groups is 1. The highest BCUT2D eigenvalue weighted by molar-refractivity contribution is 5.94. The van der Waals surface area contributed by atoms with Crippen LogP contribution in [-0.4, -0.2) is 66.1 Å². The predicted molar refractivity (Wildman–Crippen MR) is 87.7 cm³/mol. The van der Waals surface area contributed by atoms with Gasteiger partial charge in [0.05, 0.1) is 6.10 Å². The van der Waals surface area contributed by atoms with Crippen molar-refractivity contribution >= 4 is 5.91 Å². The van der Waals surface area contributed by atoms with Gasteiger partial charge in [0.2, 0.25) is 5.56 Å². The van der Waals surface area contributed by atoms with Gasteiger partial charge in [-0.15, -0.1) is 0 Å². The molecule has 6 heteroatoms. The number of aromatic amines is 1. The molecule has 2 aliphatic rings. The average Bonchev–Trinajstić information content (AvgIpc) is 2.90. The van der Waals surface area contributed by atoms with Gasteiger partial charge in [0.15, 0.2) is 0 Å². The molecule has 23 heavy (non-hydrogen) atoms. The summed E-state index contributed by atoms with van der Waals surface area (Å²) in [6.07, 6.45) is 3.40. The second-order valence-corrected chi connectivity index (χ2v) is 6.52. The maximum absolute atomic E-state index is 12.7. The van der Waals surface area contributed by atoms with E-state index in [1.807, 2.05) is 4.90 Å². The first-order valence-electron chi connectivity index (χ1n) is 8.46. The van der Waals surface area contributed by atoms with Crippen LogP contribution in [0.4, 0.5) is 0 Å². The molecule has 0 unspecified atom stereocenters. The topological polar surface area (TPSA) is 65.6 Å². The lowest BCUT2D eigenvalue weighted by Gasteiger charge is -2.27. The Hall–Kier alpha value is -1.66. The molecular weight excluding hydrogens is 294 g/mol. The van der Waals surface area contributed by atoms with Gasteiger partial charge in [-0.05, 0) is 45.3 Å². The van der Waals surface area contributed by atoms with E-state index in [9.17, 15) is 9.59 Å². The Morgan fingerprint density at radius 1 is 1.26 bits per heavy atom. The van der Waals surface area contributed by atoms with Crippen LogP contribution in [0.3, 0.4) is 0 Å². The van der Waals surface area contributed by atoms with E-state index in [1.54, 1.807) is 13.0 Å². The van der Waals surface area contributed by atoms with Crippen molar-refractivity contribution in [3.05, 3.63) is 33.7 Å². The first-order chi connectivity index (χ1) is 11.1. The molecule has 0 aliphatic carbocycles. The van der Waals surface area contributed by atoms with Gasteiger partial charge in [0, 0.05) is 43.6 Å². The number of likely N-dealkylation sites (tertiary alicyclic amines) is 1. The molecule has 2 fully saturated rings. The van der Waals surface area contributed by atoms with Crippen LogP contribution >= 0.6 is 0 Å². The number of nitrogens with one attached hydrogen (secondary N) is 1. The van der Waals surface area contributed by atoms with E-state index >= 15 is 0 Å². The zero-order valence-electron chi connectivity index (χ0n) is 13.7. The monoisotopic (exact) mass is 319 g/mol. The Balaban J connectivity index is 1.69. The summed E-state index contributed by atoms with van der Waals surface area (Å²) in [7, 11) is 0. The van der Waals surface area contributed by atoms with Crippen LogP contribution < -0.4 is 5.56 Å². The fourth-order valence-electron chi connectivity index (χ4n) is 3.43. The number of carbonyl (C=O) groups excluding carboxylic acids is 1. The van der Waals surface area contributed by atoms with Gasteiger partial charge in [-0.3, -0.25) is 9.59 Å². The molecule has 0 saturated carbocycles. The number of hydrogen-bond acceptors (Lipinski definition) is 4. The second kappa shape index (κ2) is 7.27. The summed E-state index contributed by atoms with van der Waals surface area (Å²) in [5.41, 5.74) is 0.946. The van der Waals surface area contributed by atoms with E-state index in [1.165, 1.54) is 18.9 Å². The highest BCUT2D eigenvalue weighted by Gasteiger charge is 2.26. The minimum absolute atomic E-state index is 0.0580. The van der Waals surface area contributed by atoms with E-state index in [0.717, 1.165) is 26.1 Å². The molecule has 1 N–H and O–H groups in total. The first-order valence-corrected chi connectivity index (χ1v) is 8.46. The maximum Gasteiger partial charge on any atom is 0.254 e. The predicted octanol–water partition coefficient (Wildman–Crippen LogP) is 1.01. The van der Waals surface area contributed by atoms with Crippen LogP contribution in [0.25, 0.3) is 0 Å². The normalized spacial score (nSPS) is 23.0. The second-order valence-electron chi connectivity index (χ2n) is 6.52. The van der Waals surface area contributed by atoms with Crippen LogP contribution in [0.5, 0.6) is 0 Å². The van der Waals surface area contributed by atoms with Crippen LogP contribution in [-0.2, 0) is 4.74 Å². The van der Waals surface area contributed by atoms with Crippen molar-refractivity contribution in [1.29, 1.82) is 0 Å². The molecule has 3 heterocycles. The van der Waals surface area contributed by atoms with E-state index in [4.69, 9.17) is 4.74 Å². The quantitative estimate of drug-likeness (QED) is 0.903. The Morgan fingerprint density at radius 2 is 2.04 bits per heavy atom. The van der Waals surface area contributed by atoms with Gasteiger partial charge >= 0.3 is 0 Å². The minimum Gasteiger partial charge on any atom is -0.375 e. The van der Waals surface area contributed by atoms with E-state index in [2.05, 4.69) is 9.88 Å². The molecule has 0 bridgehead atoms. The Labute approximate surface area is 136 Å². The molecule has 1 amide bonds. The van der Waals surface area contributed by atoms with Crippen LogP contribution in [0, 0.1) is 6.92 Å². The number of nitrogens with zero attached hydrogens (tertiary/aromatic N) is 2. The largest absolute Gasteiger partial charge is 0.375 e. The van der Waals surface area contributed by atoms with Crippen LogP contribution in [0.1, 0.15) is 35.3 Å². The molecule has 1 atom stereocenters. The number of rotatable bonds is 3. The molecule has 126 valence electrons. The molecule has 6 nitrogen and oxygen atoms in total. The number of pyridine rings is 1. The van der Waals surface area contributed by atoms with Gasteiger partial charge in [0.1, 0.15) is 0 Å². The Kier molecular flexibility index (Phi) is 5.13. The van der Waals surface area contributed by atoms with Crippen molar-refractivity contribution < 1.29 is 9.53 Å². The van der Waals surface area contributed by atoms with Crippen LogP contribution in [0.2, 0.25) is 0 Å². The van der Waals surface area contributed by atoms with E-state index in [-0.39, 0.29) is 17.6 Å². The SMILES string of the molecule is Cc1cc(C(=O)N2CCCO[C@H](CN3CCCC3)C2)cc(=O)[nH]1. The summed E-state index contributed by atoms with van der Waals surface area (Å²) in [6, 6.07) is 3.13. The van der Waals surface area contributed by atoms with Gasteiger partial charge in [0.25, 0.3) is 5.91 Å². The molecule has 1 aromatic rings. The van der Waals surface area contributed by atoms with Crippen molar-refractivity contribution in [1.82, 2.24) is 14.8 Å². The number of aromatic nitrogens is 1. The lowest BCUT2D eigenvalue weighted by atomic mass is 10.2. The third kappa shape index (κ3) is 4.20. The number of aryl methyl sites for hydroxylation is 1. The van der Waals surface area contributed by atoms with Crippen molar-refractivity contribution in [3.63, 3.8) is 0 Å². The molecular formula is C17H25N3O3. The van der Waals surface area contributed by atoms with Crippen molar-refractivity contribution in [2.24, 2.45) is 0 Å². The summed E-state index contributed by atoms with van der Waals surface area (Å²) in [4.78, 5) is 31.3. The van der Waals surface area contributed by atoms with Crippen molar-refractivity contribution in [2.75, 3.05) is 39.3 Å².